The monoisotopic (exact) mass is 369 g/mol. The summed E-state index contributed by atoms with van der Waals surface area (Å²) >= 11 is 0. The molecular weight excluding hydrogens is 346 g/mol. The number of rotatable bonds is 8. The van der Waals surface area contributed by atoms with Crippen molar-refractivity contribution in [1.29, 1.82) is 0 Å². The normalized spacial score (nSPS) is 10.4. The van der Waals surface area contributed by atoms with Gasteiger partial charge in [-0.2, -0.15) is 5.10 Å². The molecule has 0 spiro atoms. The van der Waals surface area contributed by atoms with Crippen molar-refractivity contribution in [3.05, 3.63) is 54.1 Å². The number of ether oxygens (including phenoxy) is 2. The summed E-state index contributed by atoms with van der Waals surface area (Å²) in [7, 11) is 0. The number of hydrazone groups is 1. The largest absolute Gasteiger partial charge is 0.494 e. The molecule has 2 rings (SSSR count). The Balaban J connectivity index is 1.81. The summed E-state index contributed by atoms with van der Waals surface area (Å²) in [6, 6.07) is 14.0. The predicted molar refractivity (Wildman–Crippen MR) is 104 cm³/mol. The van der Waals surface area contributed by atoms with Crippen LogP contribution in [0.25, 0.3) is 0 Å². The minimum atomic E-state index is -0.858. The van der Waals surface area contributed by atoms with Crippen LogP contribution in [0.5, 0.6) is 11.5 Å². The van der Waals surface area contributed by atoms with Crippen molar-refractivity contribution in [2.24, 2.45) is 5.10 Å². The maximum Gasteiger partial charge on any atom is 0.329 e. The fourth-order valence-corrected chi connectivity index (χ4v) is 2.08. The van der Waals surface area contributed by atoms with Crippen molar-refractivity contribution in [3.8, 4) is 11.5 Å². The zero-order valence-corrected chi connectivity index (χ0v) is 15.4. The van der Waals surface area contributed by atoms with E-state index in [1.165, 1.54) is 6.21 Å². The van der Waals surface area contributed by atoms with Gasteiger partial charge in [0, 0.05) is 5.69 Å². The van der Waals surface area contributed by atoms with Crippen molar-refractivity contribution in [3.63, 3.8) is 0 Å². The molecule has 0 unspecified atom stereocenters. The van der Waals surface area contributed by atoms with Gasteiger partial charge in [-0.1, -0.05) is 6.92 Å². The van der Waals surface area contributed by atoms with Crippen molar-refractivity contribution >= 4 is 23.7 Å². The number of carbonyl (C=O) groups excluding carboxylic acids is 2. The fraction of sp³-hybridized carbons (Fsp3) is 0.250. The topological polar surface area (TPSA) is 89.0 Å². The first kappa shape index (κ1) is 20.0. The molecule has 0 aliphatic rings. The van der Waals surface area contributed by atoms with E-state index in [1.54, 1.807) is 36.4 Å². The molecular formula is C20H23N3O4. The molecule has 2 aromatic carbocycles. The van der Waals surface area contributed by atoms with Crippen LogP contribution in [0.3, 0.4) is 0 Å². The molecule has 7 heteroatoms. The SMILES string of the molecule is CCCOc1ccc(/C=N\NC(=O)C(=O)Nc2ccc(OCC)cc2)cc1. The van der Waals surface area contributed by atoms with Crippen molar-refractivity contribution in [2.75, 3.05) is 18.5 Å². The minimum absolute atomic E-state index is 0.491. The highest BCUT2D eigenvalue weighted by Crippen LogP contribution is 2.15. The number of hydrogen-bond acceptors (Lipinski definition) is 5. The Labute approximate surface area is 158 Å². The van der Waals surface area contributed by atoms with E-state index in [2.05, 4.69) is 15.8 Å². The van der Waals surface area contributed by atoms with Crippen LogP contribution >= 0.6 is 0 Å². The summed E-state index contributed by atoms with van der Waals surface area (Å²) in [5.41, 5.74) is 3.45. The van der Waals surface area contributed by atoms with E-state index in [9.17, 15) is 9.59 Å². The first-order chi connectivity index (χ1) is 13.1. The number of carbonyl (C=O) groups is 2. The molecule has 0 saturated heterocycles. The molecule has 0 bridgehead atoms. The van der Waals surface area contributed by atoms with Gasteiger partial charge in [0.25, 0.3) is 0 Å². The number of nitrogens with one attached hydrogen (secondary N) is 2. The lowest BCUT2D eigenvalue weighted by Crippen LogP contribution is -2.32. The summed E-state index contributed by atoms with van der Waals surface area (Å²) in [4.78, 5) is 23.7. The lowest BCUT2D eigenvalue weighted by Gasteiger charge is -2.06. The molecule has 0 aromatic heterocycles. The summed E-state index contributed by atoms with van der Waals surface area (Å²) in [6.45, 7) is 5.14. The zero-order chi connectivity index (χ0) is 19.5. The highest BCUT2D eigenvalue weighted by molar-refractivity contribution is 6.39. The van der Waals surface area contributed by atoms with Crippen molar-refractivity contribution < 1.29 is 19.1 Å². The zero-order valence-electron chi connectivity index (χ0n) is 15.4. The Morgan fingerprint density at radius 1 is 0.926 bits per heavy atom. The van der Waals surface area contributed by atoms with Crippen LogP contribution < -0.4 is 20.2 Å². The van der Waals surface area contributed by atoms with Gasteiger partial charge in [-0.3, -0.25) is 9.59 Å². The third kappa shape index (κ3) is 6.81. The maximum absolute atomic E-state index is 11.9. The Hall–Kier alpha value is -3.35. The van der Waals surface area contributed by atoms with Crippen molar-refractivity contribution in [2.45, 2.75) is 20.3 Å². The molecule has 0 aliphatic carbocycles. The van der Waals surface area contributed by atoms with Crippen LogP contribution in [0.4, 0.5) is 5.69 Å². The molecule has 7 nitrogen and oxygen atoms in total. The van der Waals surface area contributed by atoms with E-state index in [0.29, 0.717) is 24.7 Å². The molecule has 0 saturated carbocycles. The second kappa shape index (κ2) is 10.6. The maximum atomic E-state index is 11.9. The van der Waals surface area contributed by atoms with Gasteiger partial charge >= 0.3 is 11.8 Å². The van der Waals surface area contributed by atoms with E-state index >= 15 is 0 Å². The van der Waals surface area contributed by atoms with Crippen LogP contribution in [0.15, 0.2) is 53.6 Å². The third-order valence-electron chi connectivity index (χ3n) is 3.36. The Kier molecular flexibility index (Phi) is 7.84. The van der Waals surface area contributed by atoms with Gasteiger partial charge in [0.1, 0.15) is 11.5 Å². The Bertz CT molecular complexity index is 771. The molecule has 27 heavy (non-hydrogen) atoms. The lowest BCUT2D eigenvalue weighted by molar-refractivity contribution is -0.136. The number of anilines is 1. The first-order valence-electron chi connectivity index (χ1n) is 8.72. The van der Waals surface area contributed by atoms with Gasteiger partial charge in [0.05, 0.1) is 19.4 Å². The molecule has 142 valence electrons. The smallest absolute Gasteiger partial charge is 0.329 e. The van der Waals surface area contributed by atoms with Gasteiger partial charge in [0.2, 0.25) is 0 Å². The van der Waals surface area contributed by atoms with Gasteiger partial charge in [-0.05, 0) is 67.4 Å². The number of hydrogen-bond donors (Lipinski definition) is 2. The Morgan fingerprint density at radius 3 is 2.19 bits per heavy atom. The Morgan fingerprint density at radius 2 is 1.56 bits per heavy atom. The summed E-state index contributed by atoms with van der Waals surface area (Å²) in [6.07, 6.45) is 2.39. The van der Waals surface area contributed by atoms with E-state index in [-0.39, 0.29) is 0 Å². The average molecular weight is 369 g/mol. The average Bonchev–Trinajstić information content (AvgIpc) is 2.69. The standard InChI is InChI=1S/C20H23N3O4/c1-3-13-27-18-9-5-15(6-10-18)14-21-23-20(25)19(24)22-16-7-11-17(12-8-16)26-4-2/h5-12,14H,3-4,13H2,1-2H3,(H,22,24)(H,23,25)/b21-14-. The number of amides is 2. The minimum Gasteiger partial charge on any atom is -0.494 e. The van der Waals surface area contributed by atoms with Crippen LogP contribution in [0.2, 0.25) is 0 Å². The van der Waals surface area contributed by atoms with Crippen LogP contribution in [-0.4, -0.2) is 31.2 Å². The summed E-state index contributed by atoms with van der Waals surface area (Å²) in [5, 5.41) is 6.28. The van der Waals surface area contributed by atoms with Gasteiger partial charge in [-0.15, -0.1) is 0 Å². The highest BCUT2D eigenvalue weighted by atomic mass is 16.5. The van der Waals surface area contributed by atoms with Gasteiger partial charge < -0.3 is 14.8 Å². The van der Waals surface area contributed by atoms with E-state index in [1.807, 2.05) is 26.0 Å². The summed E-state index contributed by atoms with van der Waals surface area (Å²) in [5.74, 6) is -0.203. The third-order valence-corrected chi connectivity index (χ3v) is 3.36. The van der Waals surface area contributed by atoms with Crippen LogP contribution in [0.1, 0.15) is 25.8 Å². The molecule has 2 aromatic rings. The molecule has 2 amide bonds. The van der Waals surface area contributed by atoms with Crippen LogP contribution in [0, 0.1) is 0 Å². The van der Waals surface area contributed by atoms with Gasteiger partial charge in [0.15, 0.2) is 0 Å². The van der Waals surface area contributed by atoms with Crippen LogP contribution in [-0.2, 0) is 9.59 Å². The summed E-state index contributed by atoms with van der Waals surface area (Å²) < 4.78 is 10.8. The van der Waals surface area contributed by atoms with Crippen molar-refractivity contribution in [1.82, 2.24) is 5.43 Å². The lowest BCUT2D eigenvalue weighted by atomic mass is 10.2. The quantitative estimate of drug-likeness (QED) is 0.425. The second-order valence-electron chi connectivity index (χ2n) is 5.53. The number of benzene rings is 2. The van der Waals surface area contributed by atoms with Gasteiger partial charge in [-0.25, -0.2) is 5.43 Å². The fourth-order valence-electron chi connectivity index (χ4n) is 2.08. The van der Waals surface area contributed by atoms with E-state index in [4.69, 9.17) is 9.47 Å². The molecule has 0 fully saturated rings. The molecule has 0 aliphatic heterocycles. The first-order valence-corrected chi connectivity index (χ1v) is 8.72. The second-order valence-corrected chi connectivity index (χ2v) is 5.53. The molecule has 0 atom stereocenters. The predicted octanol–water partition coefficient (Wildman–Crippen LogP) is 2.96. The molecule has 0 heterocycles. The van der Waals surface area contributed by atoms with E-state index < -0.39 is 11.8 Å². The van der Waals surface area contributed by atoms with E-state index in [0.717, 1.165) is 17.7 Å². The molecule has 2 N–H and O–H groups in total. The number of nitrogens with zero attached hydrogens (tertiary/aromatic N) is 1. The highest BCUT2D eigenvalue weighted by Gasteiger charge is 2.12. The molecule has 0 radical (unpaired) electrons.